The van der Waals surface area contributed by atoms with E-state index < -0.39 is 41.0 Å². The van der Waals surface area contributed by atoms with E-state index in [2.05, 4.69) is 15.6 Å². The lowest BCUT2D eigenvalue weighted by atomic mass is 9.81. The molecule has 2 aromatic heterocycles. The number of carbonyl (C=O) groups excluding carboxylic acids is 2. The second-order valence-corrected chi connectivity index (χ2v) is 12.1. The van der Waals surface area contributed by atoms with Gasteiger partial charge in [0.15, 0.2) is 11.4 Å². The Morgan fingerprint density at radius 2 is 1.63 bits per heavy atom. The van der Waals surface area contributed by atoms with Crippen molar-refractivity contribution in [3.05, 3.63) is 64.6 Å². The summed E-state index contributed by atoms with van der Waals surface area (Å²) in [6.45, 7) is 8.87. The topological polar surface area (TPSA) is 131 Å². The summed E-state index contributed by atoms with van der Waals surface area (Å²) >= 11 is 0. The van der Waals surface area contributed by atoms with E-state index in [1.165, 1.54) is 18.2 Å². The summed E-state index contributed by atoms with van der Waals surface area (Å²) in [6.07, 6.45) is 0.553. The van der Waals surface area contributed by atoms with Gasteiger partial charge in [-0.2, -0.15) is 13.2 Å². The first-order chi connectivity index (χ1) is 21.3. The third kappa shape index (κ3) is 9.54. The van der Waals surface area contributed by atoms with E-state index in [0.29, 0.717) is 22.8 Å². The number of benzene rings is 1. The number of imidazole rings is 1. The highest BCUT2D eigenvalue weighted by molar-refractivity contribution is 5.95. The standard InChI is InChI=1S/C29H36F2N4O4.C2HF3O2/c1-18-14-23(38-16-20-21(30)10-9-11-22(20)31)25-33-19(2)24(35(25)15-18)26(36)32-17-29(12-7-6-8-13-29)34-27(37)39-28(3,4)5;3-2(4,5)1(6)7/h9-11,14-15H,6-8,12-13,16-17H2,1-5H3,(H,32,36)(H,34,37);(H,6,7). The van der Waals surface area contributed by atoms with E-state index in [1.54, 1.807) is 23.6 Å². The summed E-state index contributed by atoms with van der Waals surface area (Å²) in [4.78, 5) is 39.5. The normalized spacial score (nSPS) is 14.6. The molecule has 0 unspecified atom stereocenters. The largest absolute Gasteiger partial charge is 0.490 e. The summed E-state index contributed by atoms with van der Waals surface area (Å²) < 4.78 is 72.9. The van der Waals surface area contributed by atoms with E-state index in [-0.39, 0.29) is 24.6 Å². The highest BCUT2D eigenvalue weighted by Gasteiger charge is 2.38. The van der Waals surface area contributed by atoms with Crippen LogP contribution in [0.15, 0.2) is 30.5 Å². The van der Waals surface area contributed by atoms with Crippen LogP contribution < -0.4 is 15.4 Å². The van der Waals surface area contributed by atoms with Gasteiger partial charge in [-0.15, -0.1) is 0 Å². The lowest BCUT2D eigenvalue weighted by Crippen LogP contribution is -2.57. The molecule has 15 heteroatoms. The Kier molecular flexibility index (Phi) is 11.2. The predicted molar refractivity (Wildman–Crippen MR) is 157 cm³/mol. The molecule has 0 radical (unpaired) electrons. The van der Waals surface area contributed by atoms with E-state index in [0.717, 1.165) is 37.7 Å². The zero-order valence-corrected chi connectivity index (χ0v) is 26.1. The smallest absolute Gasteiger partial charge is 0.485 e. The molecule has 0 saturated heterocycles. The van der Waals surface area contributed by atoms with Crippen LogP contribution in [-0.4, -0.2) is 56.3 Å². The number of nitrogens with one attached hydrogen (secondary N) is 2. The Hall–Kier alpha value is -4.43. The molecule has 252 valence electrons. The maximum Gasteiger partial charge on any atom is 0.490 e. The fourth-order valence-electron chi connectivity index (χ4n) is 4.99. The number of hydrogen-bond acceptors (Lipinski definition) is 6. The van der Waals surface area contributed by atoms with E-state index in [1.807, 2.05) is 27.7 Å². The minimum Gasteiger partial charge on any atom is -0.485 e. The van der Waals surface area contributed by atoms with Gasteiger partial charge >= 0.3 is 18.2 Å². The molecule has 3 aromatic rings. The number of nitrogens with zero attached hydrogens (tertiary/aromatic N) is 2. The van der Waals surface area contributed by atoms with Crippen molar-refractivity contribution in [3.63, 3.8) is 0 Å². The molecule has 0 bridgehead atoms. The molecule has 1 aromatic carbocycles. The maximum absolute atomic E-state index is 14.1. The van der Waals surface area contributed by atoms with Gasteiger partial charge in [-0.1, -0.05) is 25.3 Å². The summed E-state index contributed by atoms with van der Waals surface area (Å²) in [5.41, 5.74) is 0.489. The van der Waals surface area contributed by atoms with Gasteiger partial charge in [-0.3, -0.25) is 9.20 Å². The van der Waals surface area contributed by atoms with Crippen molar-refractivity contribution < 1.29 is 50.9 Å². The minimum atomic E-state index is -5.08. The number of aromatic nitrogens is 2. The van der Waals surface area contributed by atoms with Crippen LogP contribution in [0.4, 0.5) is 26.7 Å². The predicted octanol–water partition coefficient (Wildman–Crippen LogP) is 6.40. The molecular weight excluding hydrogens is 619 g/mol. The van der Waals surface area contributed by atoms with Crippen LogP contribution in [0.3, 0.4) is 0 Å². The summed E-state index contributed by atoms with van der Waals surface area (Å²) in [7, 11) is 0. The fourth-order valence-corrected chi connectivity index (χ4v) is 4.99. The molecule has 0 aliphatic heterocycles. The van der Waals surface area contributed by atoms with Crippen LogP contribution in [0.25, 0.3) is 5.65 Å². The number of ether oxygens (including phenoxy) is 2. The molecule has 1 fully saturated rings. The van der Waals surface area contributed by atoms with Crippen LogP contribution in [-0.2, 0) is 16.1 Å². The zero-order chi connectivity index (χ0) is 34.4. The van der Waals surface area contributed by atoms with Crippen LogP contribution in [0.5, 0.6) is 5.75 Å². The second kappa shape index (κ2) is 14.3. The van der Waals surface area contributed by atoms with E-state index in [4.69, 9.17) is 19.4 Å². The molecule has 1 saturated carbocycles. The second-order valence-electron chi connectivity index (χ2n) is 12.1. The quantitative estimate of drug-likeness (QED) is 0.251. The molecule has 1 aliphatic rings. The van der Waals surface area contributed by atoms with Gasteiger partial charge in [0.2, 0.25) is 0 Å². The lowest BCUT2D eigenvalue weighted by molar-refractivity contribution is -0.192. The number of alkyl carbamates (subject to hydrolysis) is 1. The maximum atomic E-state index is 14.1. The Morgan fingerprint density at radius 3 is 2.17 bits per heavy atom. The molecule has 46 heavy (non-hydrogen) atoms. The number of rotatable bonds is 7. The number of pyridine rings is 1. The number of carbonyl (C=O) groups is 3. The third-order valence-corrected chi connectivity index (χ3v) is 7.05. The Bertz CT molecular complexity index is 1560. The average Bonchev–Trinajstić information content (AvgIpc) is 3.26. The van der Waals surface area contributed by atoms with Gasteiger partial charge in [-0.05, 0) is 71.2 Å². The summed E-state index contributed by atoms with van der Waals surface area (Å²) in [5.74, 6) is -4.21. The molecule has 0 atom stereocenters. The highest BCUT2D eigenvalue weighted by atomic mass is 19.4. The van der Waals surface area contributed by atoms with Crippen molar-refractivity contribution in [1.82, 2.24) is 20.0 Å². The van der Waals surface area contributed by atoms with Gasteiger partial charge in [0, 0.05) is 12.7 Å². The highest BCUT2D eigenvalue weighted by Crippen LogP contribution is 2.29. The van der Waals surface area contributed by atoms with Gasteiger partial charge < -0.3 is 25.2 Å². The van der Waals surface area contributed by atoms with Gasteiger partial charge in [-0.25, -0.2) is 23.4 Å². The minimum absolute atomic E-state index is 0.186. The van der Waals surface area contributed by atoms with Crippen LogP contribution >= 0.6 is 0 Å². The van der Waals surface area contributed by atoms with Crippen molar-refractivity contribution in [2.45, 2.75) is 90.6 Å². The number of halogens is 5. The van der Waals surface area contributed by atoms with Gasteiger partial charge in [0.05, 0.1) is 16.8 Å². The van der Waals surface area contributed by atoms with Crippen molar-refractivity contribution in [1.29, 1.82) is 0 Å². The lowest BCUT2D eigenvalue weighted by Gasteiger charge is -2.38. The summed E-state index contributed by atoms with van der Waals surface area (Å²) in [6, 6.07) is 5.35. The van der Waals surface area contributed by atoms with Crippen molar-refractivity contribution in [2.24, 2.45) is 0 Å². The number of aliphatic carboxylic acids is 1. The van der Waals surface area contributed by atoms with E-state index >= 15 is 0 Å². The Balaban J connectivity index is 0.000000738. The van der Waals surface area contributed by atoms with Crippen molar-refractivity contribution in [3.8, 4) is 5.75 Å². The number of fused-ring (bicyclic) bond motifs is 1. The number of carboxylic acids is 1. The molecule has 2 amide bonds. The van der Waals surface area contributed by atoms with Crippen molar-refractivity contribution in [2.75, 3.05) is 6.54 Å². The Morgan fingerprint density at radius 1 is 1.04 bits per heavy atom. The molecule has 3 N–H and O–H groups in total. The Labute approximate surface area is 262 Å². The first-order valence-corrected chi connectivity index (χ1v) is 14.5. The van der Waals surface area contributed by atoms with Crippen molar-refractivity contribution >= 4 is 23.6 Å². The number of carboxylic acid groups (broad SMARTS) is 1. The van der Waals surface area contributed by atoms with Crippen LogP contribution in [0.1, 0.15) is 80.2 Å². The fraction of sp³-hybridized carbons (Fsp3) is 0.484. The molecule has 0 spiro atoms. The first-order valence-electron chi connectivity index (χ1n) is 14.5. The SMILES string of the molecule is Cc1cc(OCc2c(F)cccc2F)c2nc(C)c(C(=O)NCC3(NC(=O)OC(C)(C)C)CCCCC3)n2c1.O=C(O)C(F)(F)F. The molecule has 10 nitrogen and oxygen atoms in total. The number of hydrogen-bond donors (Lipinski definition) is 3. The monoisotopic (exact) mass is 656 g/mol. The molecule has 1 aliphatic carbocycles. The average molecular weight is 657 g/mol. The van der Waals surface area contributed by atoms with Crippen LogP contribution in [0.2, 0.25) is 0 Å². The molecular formula is C31H37F5N4O6. The number of aryl methyl sites for hydroxylation is 2. The van der Waals surface area contributed by atoms with Crippen LogP contribution in [0, 0.1) is 25.5 Å². The van der Waals surface area contributed by atoms with Gasteiger partial charge in [0.25, 0.3) is 5.91 Å². The number of alkyl halides is 3. The third-order valence-electron chi connectivity index (χ3n) is 7.05. The summed E-state index contributed by atoms with van der Waals surface area (Å²) in [5, 5.41) is 13.1. The first kappa shape index (κ1) is 36.0. The number of amides is 2. The molecule has 4 rings (SSSR count). The molecule has 2 heterocycles. The zero-order valence-electron chi connectivity index (χ0n) is 26.1. The van der Waals surface area contributed by atoms with E-state index in [9.17, 15) is 31.5 Å². The van der Waals surface area contributed by atoms with Gasteiger partial charge in [0.1, 0.15) is 29.5 Å².